The van der Waals surface area contributed by atoms with Crippen molar-refractivity contribution >= 4 is 29.7 Å². The van der Waals surface area contributed by atoms with Crippen LogP contribution in [-0.4, -0.2) is 23.4 Å². The number of thiophene rings is 1. The zero-order chi connectivity index (χ0) is 17.0. The van der Waals surface area contributed by atoms with E-state index in [-0.39, 0.29) is 30.3 Å². The maximum Gasteiger partial charge on any atom is 0.227 e. The number of nitrogens with two attached hydrogens (primary N) is 1. The molecule has 0 fully saturated rings. The Morgan fingerprint density at radius 3 is 2.42 bits per heavy atom. The van der Waals surface area contributed by atoms with Crippen molar-refractivity contribution in [1.29, 1.82) is 0 Å². The molecule has 0 aliphatic heterocycles. The van der Waals surface area contributed by atoms with Gasteiger partial charge in [-0.1, -0.05) is 31.2 Å². The summed E-state index contributed by atoms with van der Waals surface area (Å²) in [7, 11) is 0. The van der Waals surface area contributed by atoms with Crippen molar-refractivity contribution in [3.63, 3.8) is 0 Å². The molecule has 5 heteroatoms. The van der Waals surface area contributed by atoms with E-state index in [1.54, 1.807) is 11.3 Å². The largest absolute Gasteiger partial charge is 0.335 e. The molecule has 2 aromatic rings. The van der Waals surface area contributed by atoms with E-state index in [1.807, 2.05) is 11.8 Å². The quantitative estimate of drug-likeness (QED) is 0.819. The average Bonchev–Trinajstić information content (AvgIpc) is 2.99. The van der Waals surface area contributed by atoms with Crippen LogP contribution in [0.25, 0.3) is 10.4 Å². The lowest BCUT2D eigenvalue weighted by Crippen LogP contribution is -2.41. The summed E-state index contributed by atoms with van der Waals surface area (Å²) >= 11 is 1.76. The molecule has 0 saturated carbocycles. The second kappa shape index (κ2) is 9.21. The Balaban J connectivity index is 0.00000288. The maximum atomic E-state index is 12.5. The van der Waals surface area contributed by atoms with E-state index in [1.165, 1.54) is 20.9 Å². The Kier molecular flexibility index (Phi) is 7.94. The van der Waals surface area contributed by atoms with Crippen molar-refractivity contribution in [1.82, 2.24) is 4.90 Å². The zero-order valence-electron chi connectivity index (χ0n) is 14.8. The van der Waals surface area contributed by atoms with Gasteiger partial charge < -0.3 is 10.6 Å². The SMILES string of the molecule is Cc1ccccc1-c1ccc(CN(C(=O)C(C)CN)C(C)C)s1.Cl. The number of hydrogen-bond donors (Lipinski definition) is 1. The van der Waals surface area contributed by atoms with E-state index in [9.17, 15) is 4.79 Å². The topological polar surface area (TPSA) is 46.3 Å². The lowest BCUT2D eigenvalue weighted by atomic mass is 10.1. The fraction of sp³-hybridized carbons (Fsp3) is 0.421. The maximum absolute atomic E-state index is 12.5. The van der Waals surface area contributed by atoms with Crippen molar-refractivity contribution in [2.75, 3.05) is 6.54 Å². The summed E-state index contributed by atoms with van der Waals surface area (Å²) in [5.74, 6) is 0.00143. The van der Waals surface area contributed by atoms with Crippen LogP contribution in [0.15, 0.2) is 36.4 Å². The molecule has 1 heterocycles. The standard InChI is InChI=1S/C19H26N2OS.ClH/c1-13(2)21(19(22)15(4)11-20)12-16-9-10-18(23-16)17-8-6-5-7-14(17)3;/h5-10,13,15H,11-12,20H2,1-4H3;1H. The molecule has 1 aromatic heterocycles. The number of nitrogens with zero attached hydrogens (tertiary/aromatic N) is 1. The zero-order valence-corrected chi connectivity index (χ0v) is 16.4. The summed E-state index contributed by atoms with van der Waals surface area (Å²) in [5.41, 5.74) is 8.19. The summed E-state index contributed by atoms with van der Waals surface area (Å²) in [6.45, 7) is 9.17. The number of halogens is 1. The lowest BCUT2D eigenvalue weighted by molar-refractivity contribution is -0.137. The minimum absolute atomic E-state index is 0. The molecule has 0 spiro atoms. The van der Waals surface area contributed by atoms with Gasteiger partial charge in [-0.15, -0.1) is 23.7 Å². The van der Waals surface area contributed by atoms with Gasteiger partial charge in [-0.25, -0.2) is 0 Å². The average molecular weight is 367 g/mol. The molecule has 1 unspecified atom stereocenters. The molecule has 0 aliphatic carbocycles. The van der Waals surface area contributed by atoms with E-state index in [0.29, 0.717) is 13.1 Å². The Bertz CT molecular complexity index is 669. The van der Waals surface area contributed by atoms with Crippen LogP contribution in [-0.2, 0) is 11.3 Å². The monoisotopic (exact) mass is 366 g/mol. The van der Waals surface area contributed by atoms with Gasteiger partial charge in [-0.2, -0.15) is 0 Å². The van der Waals surface area contributed by atoms with Crippen molar-refractivity contribution in [2.45, 2.75) is 40.3 Å². The normalized spacial score (nSPS) is 11.9. The molecule has 0 aliphatic rings. The summed E-state index contributed by atoms with van der Waals surface area (Å²) < 4.78 is 0. The molecular weight excluding hydrogens is 340 g/mol. The van der Waals surface area contributed by atoms with Gasteiger partial charge in [0.15, 0.2) is 0 Å². The summed E-state index contributed by atoms with van der Waals surface area (Å²) in [5, 5.41) is 0. The highest BCUT2D eigenvalue weighted by atomic mass is 35.5. The molecule has 132 valence electrons. The van der Waals surface area contributed by atoms with E-state index >= 15 is 0 Å². The molecule has 2 N–H and O–H groups in total. The molecule has 0 saturated heterocycles. The van der Waals surface area contributed by atoms with Crippen LogP contribution in [0.1, 0.15) is 31.2 Å². The highest BCUT2D eigenvalue weighted by Crippen LogP contribution is 2.31. The number of benzene rings is 1. The molecule has 1 aromatic carbocycles. The van der Waals surface area contributed by atoms with Gasteiger partial charge in [0.25, 0.3) is 0 Å². The summed E-state index contributed by atoms with van der Waals surface area (Å²) in [4.78, 5) is 16.9. The first-order chi connectivity index (χ1) is 10.9. The smallest absolute Gasteiger partial charge is 0.227 e. The Morgan fingerprint density at radius 1 is 1.17 bits per heavy atom. The van der Waals surface area contributed by atoms with Crippen LogP contribution in [0.3, 0.4) is 0 Å². The van der Waals surface area contributed by atoms with Gasteiger partial charge in [-0.05, 0) is 44.0 Å². The van der Waals surface area contributed by atoms with Crippen LogP contribution in [0.4, 0.5) is 0 Å². The van der Waals surface area contributed by atoms with E-state index in [0.717, 1.165) is 0 Å². The van der Waals surface area contributed by atoms with E-state index < -0.39 is 0 Å². The number of aryl methyl sites for hydroxylation is 1. The predicted octanol–water partition coefficient (Wildman–Crippen LogP) is 4.48. The van der Waals surface area contributed by atoms with Crippen LogP contribution >= 0.6 is 23.7 Å². The number of rotatable bonds is 6. The molecule has 0 radical (unpaired) electrons. The van der Waals surface area contributed by atoms with Crippen molar-refractivity contribution < 1.29 is 4.79 Å². The molecule has 1 atom stereocenters. The van der Waals surface area contributed by atoms with E-state index in [2.05, 4.69) is 57.2 Å². The van der Waals surface area contributed by atoms with Crippen LogP contribution in [0.5, 0.6) is 0 Å². The first-order valence-electron chi connectivity index (χ1n) is 8.09. The summed E-state index contributed by atoms with van der Waals surface area (Å²) in [6, 6.07) is 12.8. The van der Waals surface area contributed by atoms with E-state index in [4.69, 9.17) is 5.73 Å². The van der Waals surface area contributed by atoms with Crippen molar-refractivity contribution in [2.24, 2.45) is 11.7 Å². The number of carbonyl (C=O) groups excluding carboxylic acids is 1. The Labute approximate surface area is 155 Å². The number of hydrogen-bond acceptors (Lipinski definition) is 3. The Hall–Kier alpha value is -1.36. The molecule has 2 rings (SSSR count). The molecule has 0 bridgehead atoms. The third-order valence-electron chi connectivity index (χ3n) is 4.08. The third-order valence-corrected chi connectivity index (χ3v) is 5.18. The van der Waals surface area contributed by atoms with Gasteiger partial charge >= 0.3 is 0 Å². The van der Waals surface area contributed by atoms with Gasteiger partial charge in [0, 0.05) is 28.3 Å². The third kappa shape index (κ3) is 4.82. The molecule has 1 amide bonds. The Morgan fingerprint density at radius 2 is 1.83 bits per heavy atom. The second-order valence-corrected chi connectivity index (χ2v) is 7.45. The molecular formula is C19H27ClN2OS. The number of carbonyl (C=O) groups is 1. The lowest BCUT2D eigenvalue weighted by Gasteiger charge is -2.28. The van der Waals surface area contributed by atoms with Crippen molar-refractivity contribution in [3.8, 4) is 10.4 Å². The fourth-order valence-corrected chi connectivity index (χ4v) is 3.62. The highest BCUT2D eigenvalue weighted by molar-refractivity contribution is 7.15. The van der Waals surface area contributed by atoms with Crippen LogP contribution in [0, 0.1) is 12.8 Å². The van der Waals surface area contributed by atoms with Crippen LogP contribution in [0.2, 0.25) is 0 Å². The van der Waals surface area contributed by atoms with Gasteiger partial charge in [-0.3, -0.25) is 4.79 Å². The predicted molar refractivity (Wildman–Crippen MR) is 106 cm³/mol. The highest BCUT2D eigenvalue weighted by Gasteiger charge is 2.22. The fourth-order valence-electron chi connectivity index (χ4n) is 2.52. The first kappa shape index (κ1) is 20.7. The van der Waals surface area contributed by atoms with Gasteiger partial charge in [0.1, 0.15) is 0 Å². The van der Waals surface area contributed by atoms with Gasteiger partial charge in [0.05, 0.1) is 6.54 Å². The minimum atomic E-state index is -0.131. The van der Waals surface area contributed by atoms with Crippen LogP contribution < -0.4 is 5.73 Å². The minimum Gasteiger partial charge on any atom is -0.335 e. The first-order valence-corrected chi connectivity index (χ1v) is 8.91. The van der Waals surface area contributed by atoms with Crippen molar-refractivity contribution in [3.05, 3.63) is 46.8 Å². The molecule has 3 nitrogen and oxygen atoms in total. The molecule has 24 heavy (non-hydrogen) atoms. The second-order valence-electron chi connectivity index (χ2n) is 6.28. The summed E-state index contributed by atoms with van der Waals surface area (Å²) in [6.07, 6.45) is 0. The van der Waals surface area contributed by atoms with Gasteiger partial charge in [0.2, 0.25) is 5.91 Å². The number of amides is 1.